The first kappa shape index (κ1) is 12.0. The molecule has 0 bridgehead atoms. The van der Waals surface area contributed by atoms with Gasteiger partial charge >= 0.3 is 0 Å². The fourth-order valence-electron chi connectivity index (χ4n) is 2.43. The molecule has 1 saturated carbocycles. The molecule has 1 aliphatic carbocycles. The van der Waals surface area contributed by atoms with Crippen molar-refractivity contribution >= 4 is 11.4 Å². The van der Waals surface area contributed by atoms with Gasteiger partial charge in [0.1, 0.15) is 25.6 Å². The van der Waals surface area contributed by atoms with Crippen molar-refractivity contribution in [2.24, 2.45) is 21.1 Å². The van der Waals surface area contributed by atoms with E-state index in [-0.39, 0.29) is 10.8 Å². The van der Waals surface area contributed by atoms with Gasteiger partial charge in [0, 0.05) is 10.8 Å². The molecule has 15 heavy (non-hydrogen) atoms. The van der Waals surface area contributed by atoms with Crippen LogP contribution in [0.25, 0.3) is 0 Å². The topological polar surface area (TPSA) is 43.2 Å². The molecular formula is C11H20N2O2. The minimum Gasteiger partial charge on any atom is -0.399 e. The number of oxime groups is 2. The van der Waals surface area contributed by atoms with Crippen molar-refractivity contribution in [1.29, 1.82) is 0 Å². The molecule has 0 N–H and O–H groups in total. The van der Waals surface area contributed by atoms with Crippen LogP contribution in [-0.4, -0.2) is 25.6 Å². The van der Waals surface area contributed by atoms with E-state index < -0.39 is 0 Å². The molecule has 0 atom stereocenters. The van der Waals surface area contributed by atoms with Crippen molar-refractivity contribution in [3.05, 3.63) is 0 Å². The standard InChI is InChI=1S/C11H20N2O2/c1-10(2)7-11(3,4)9(13-15-6)8(10)12-14-5/h7H2,1-6H3/b12-8-,13-9-. The molecule has 1 fully saturated rings. The zero-order chi connectivity index (χ0) is 11.7. The van der Waals surface area contributed by atoms with Crippen molar-refractivity contribution in [3.63, 3.8) is 0 Å². The molecule has 0 aromatic carbocycles. The second-order valence-electron chi connectivity index (χ2n) is 5.19. The van der Waals surface area contributed by atoms with E-state index in [9.17, 15) is 0 Å². The monoisotopic (exact) mass is 212 g/mol. The zero-order valence-corrected chi connectivity index (χ0v) is 10.4. The van der Waals surface area contributed by atoms with Crippen LogP contribution in [-0.2, 0) is 9.68 Å². The summed E-state index contributed by atoms with van der Waals surface area (Å²) < 4.78 is 0. The number of hydrogen-bond donors (Lipinski definition) is 0. The predicted molar refractivity (Wildman–Crippen MR) is 61.1 cm³/mol. The third kappa shape index (κ3) is 2.13. The Morgan fingerprint density at radius 3 is 1.47 bits per heavy atom. The van der Waals surface area contributed by atoms with Crippen LogP contribution >= 0.6 is 0 Å². The van der Waals surface area contributed by atoms with Crippen LogP contribution in [0.2, 0.25) is 0 Å². The lowest BCUT2D eigenvalue weighted by atomic mass is 9.84. The molecule has 0 spiro atoms. The van der Waals surface area contributed by atoms with E-state index in [4.69, 9.17) is 9.68 Å². The molecule has 4 nitrogen and oxygen atoms in total. The minimum absolute atomic E-state index is 0.0170. The lowest BCUT2D eigenvalue weighted by Crippen LogP contribution is -2.25. The fraction of sp³-hybridized carbons (Fsp3) is 0.818. The molecule has 4 heteroatoms. The summed E-state index contributed by atoms with van der Waals surface area (Å²) in [6.45, 7) is 8.57. The van der Waals surface area contributed by atoms with Gasteiger partial charge in [-0.15, -0.1) is 0 Å². The van der Waals surface area contributed by atoms with Gasteiger partial charge in [0.05, 0.1) is 0 Å². The summed E-state index contributed by atoms with van der Waals surface area (Å²) in [6.07, 6.45) is 0.990. The largest absolute Gasteiger partial charge is 0.399 e. The number of hydrogen-bond acceptors (Lipinski definition) is 4. The van der Waals surface area contributed by atoms with Crippen molar-refractivity contribution in [2.75, 3.05) is 14.2 Å². The first-order chi connectivity index (χ1) is 6.85. The molecule has 1 rings (SSSR count). The SMILES string of the molecule is CO/N=C1/C(=N/OC)C(C)(C)CC1(C)C. The van der Waals surface area contributed by atoms with Gasteiger partial charge in [-0.3, -0.25) is 0 Å². The molecule has 0 aliphatic heterocycles. The number of rotatable bonds is 2. The average Bonchev–Trinajstić information content (AvgIpc) is 2.23. The van der Waals surface area contributed by atoms with Gasteiger partial charge in [-0.2, -0.15) is 0 Å². The molecule has 0 unspecified atom stereocenters. The lowest BCUT2D eigenvalue weighted by molar-refractivity contribution is 0.207. The third-order valence-electron chi connectivity index (χ3n) is 2.76. The van der Waals surface area contributed by atoms with Crippen molar-refractivity contribution in [2.45, 2.75) is 34.1 Å². The second-order valence-corrected chi connectivity index (χ2v) is 5.19. The fourth-order valence-corrected chi connectivity index (χ4v) is 2.43. The smallest absolute Gasteiger partial charge is 0.111 e. The second kappa shape index (κ2) is 3.83. The summed E-state index contributed by atoms with van der Waals surface area (Å²) in [7, 11) is 3.11. The Bertz CT molecular complexity index is 274. The molecule has 0 heterocycles. The molecule has 0 amide bonds. The van der Waals surface area contributed by atoms with Crippen molar-refractivity contribution in [3.8, 4) is 0 Å². The highest BCUT2D eigenvalue weighted by Gasteiger charge is 2.49. The molecular weight excluding hydrogens is 192 g/mol. The summed E-state index contributed by atoms with van der Waals surface area (Å²) in [5.41, 5.74) is 1.74. The van der Waals surface area contributed by atoms with E-state index in [1.165, 1.54) is 0 Å². The zero-order valence-electron chi connectivity index (χ0n) is 10.4. The molecule has 0 aromatic heterocycles. The van der Waals surface area contributed by atoms with Gasteiger partial charge in [0.25, 0.3) is 0 Å². The van der Waals surface area contributed by atoms with Crippen molar-refractivity contribution in [1.82, 2.24) is 0 Å². The van der Waals surface area contributed by atoms with E-state index >= 15 is 0 Å². The van der Waals surface area contributed by atoms with E-state index in [1.54, 1.807) is 14.2 Å². The van der Waals surface area contributed by atoms with Crippen LogP contribution in [0.1, 0.15) is 34.1 Å². The Morgan fingerprint density at radius 2 is 1.20 bits per heavy atom. The summed E-state index contributed by atoms with van der Waals surface area (Å²) >= 11 is 0. The van der Waals surface area contributed by atoms with Crippen LogP contribution in [0.5, 0.6) is 0 Å². The average molecular weight is 212 g/mol. The lowest BCUT2D eigenvalue weighted by Gasteiger charge is -2.19. The third-order valence-corrected chi connectivity index (χ3v) is 2.76. The van der Waals surface area contributed by atoms with Gasteiger partial charge < -0.3 is 9.68 Å². The highest BCUT2D eigenvalue weighted by Crippen LogP contribution is 2.45. The van der Waals surface area contributed by atoms with E-state index in [1.807, 2.05) is 0 Å². The number of nitrogens with zero attached hydrogens (tertiary/aromatic N) is 2. The van der Waals surface area contributed by atoms with Crippen LogP contribution in [0.4, 0.5) is 0 Å². The van der Waals surface area contributed by atoms with Crippen LogP contribution < -0.4 is 0 Å². The summed E-state index contributed by atoms with van der Waals surface area (Å²) in [6, 6.07) is 0. The molecule has 86 valence electrons. The summed E-state index contributed by atoms with van der Waals surface area (Å²) in [5.74, 6) is 0. The van der Waals surface area contributed by atoms with Gasteiger partial charge in [-0.1, -0.05) is 38.0 Å². The van der Waals surface area contributed by atoms with E-state index in [2.05, 4.69) is 38.0 Å². The summed E-state index contributed by atoms with van der Waals surface area (Å²) in [4.78, 5) is 9.77. The normalized spacial score (nSPS) is 28.4. The Hall–Kier alpha value is -1.06. The quantitative estimate of drug-likeness (QED) is 0.660. The summed E-state index contributed by atoms with van der Waals surface area (Å²) in [5, 5.41) is 8.16. The van der Waals surface area contributed by atoms with Crippen LogP contribution in [0.15, 0.2) is 10.3 Å². The minimum atomic E-state index is -0.0170. The van der Waals surface area contributed by atoms with Crippen LogP contribution in [0, 0.1) is 10.8 Å². The maximum absolute atomic E-state index is 4.88. The first-order valence-electron chi connectivity index (χ1n) is 5.09. The maximum atomic E-state index is 4.88. The van der Waals surface area contributed by atoms with Crippen LogP contribution in [0.3, 0.4) is 0 Å². The Balaban J connectivity index is 3.21. The van der Waals surface area contributed by atoms with E-state index in [0.717, 1.165) is 17.8 Å². The molecule has 0 aromatic rings. The highest BCUT2D eigenvalue weighted by molar-refractivity contribution is 6.47. The predicted octanol–water partition coefficient (Wildman–Crippen LogP) is 2.45. The highest BCUT2D eigenvalue weighted by atomic mass is 16.6. The molecule has 0 radical (unpaired) electrons. The first-order valence-corrected chi connectivity index (χ1v) is 5.09. The van der Waals surface area contributed by atoms with Gasteiger partial charge in [0.2, 0.25) is 0 Å². The van der Waals surface area contributed by atoms with Gasteiger partial charge in [-0.05, 0) is 6.42 Å². The van der Waals surface area contributed by atoms with Gasteiger partial charge in [0.15, 0.2) is 0 Å². The maximum Gasteiger partial charge on any atom is 0.111 e. The molecule has 1 aliphatic rings. The molecule has 0 saturated heterocycles. The van der Waals surface area contributed by atoms with Gasteiger partial charge in [-0.25, -0.2) is 0 Å². The Morgan fingerprint density at radius 1 is 0.867 bits per heavy atom. The Kier molecular flexibility index (Phi) is 3.07. The Labute approximate surface area is 91.3 Å². The van der Waals surface area contributed by atoms with Crippen molar-refractivity contribution < 1.29 is 9.68 Å². The van der Waals surface area contributed by atoms with E-state index in [0.29, 0.717) is 0 Å².